The van der Waals surface area contributed by atoms with Crippen LogP contribution in [0.1, 0.15) is 5.56 Å². The molecule has 1 aromatic carbocycles. The van der Waals surface area contributed by atoms with Crippen LogP contribution in [0.3, 0.4) is 0 Å². The van der Waals surface area contributed by atoms with E-state index in [4.69, 9.17) is 5.73 Å². The number of nitrogens with zero attached hydrogens (tertiary/aromatic N) is 2. The first kappa shape index (κ1) is 7.16. The predicted octanol–water partition coefficient (Wildman–Crippen LogP) is 1.46. The molecule has 0 amide bonds. The fourth-order valence-corrected chi connectivity index (χ4v) is 1.32. The number of fused-ring (bicyclic) bond motifs is 1. The number of nitrogens with two attached hydrogens (primary N) is 1. The third-order valence-corrected chi connectivity index (χ3v) is 2.07. The molecule has 0 spiro atoms. The van der Waals surface area contributed by atoms with E-state index in [9.17, 15) is 0 Å². The standard InChI is InChI=1S/C9H11N3/c1-6-3-4-7-8(5-6)12(2)9(10)11-7/h3-5H,1-2H3,(H2,10,11). The summed E-state index contributed by atoms with van der Waals surface area (Å²) >= 11 is 0. The van der Waals surface area contributed by atoms with E-state index in [0.29, 0.717) is 5.95 Å². The van der Waals surface area contributed by atoms with E-state index in [1.165, 1.54) is 5.56 Å². The van der Waals surface area contributed by atoms with Crippen LogP contribution < -0.4 is 5.73 Å². The molecule has 0 aliphatic rings. The third kappa shape index (κ3) is 0.863. The first-order chi connectivity index (χ1) is 5.68. The Balaban J connectivity index is 2.88. The van der Waals surface area contributed by atoms with Crippen molar-refractivity contribution < 1.29 is 0 Å². The smallest absolute Gasteiger partial charge is 0.200 e. The molecule has 0 unspecified atom stereocenters. The molecule has 2 aromatic rings. The zero-order valence-corrected chi connectivity index (χ0v) is 7.20. The lowest BCUT2D eigenvalue weighted by Gasteiger charge is -1.96. The van der Waals surface area contributed by atoms with Gasteiger partial charge in [0.25, 0.3) is 0 Å². The highest BCUT2D eigenvalue weighted by molar-refractivity contribution is 5.78. The Labute approximate surface area is 70.8 Å². The van der Waals surface area contributed by atoms with Crippen LogP contribution in [-0.2, 0) is 7.05 Å². The summed E-state index contributed by atoms with van der Waals surface area (Å²) in [5.41, 5.74) is 8.93. The second-order valence-corrected chi connectivity index (χ2v) is 3.02. The van der Waals surface area contributed by atoms with Crippen LogP contribution in [-0.4, -0.2) is 9.55 Å². The molecule has 0 aliphatic carbocycles. The number of imidazole rings is 1. The van der Waals surface area contributed by atoms with E-state index in [1.807, 2.05) is 23.7 Å². The number of nitrogen functional groups attached to an aromatic ring is 1. The summed E-state index contributed by atoms with van der Waals surface area (Å²) in [4.78, 5) is 4.19. The van der Waals surface area contributed by atoms with Crippen molar-refractivity contribution in [3.63, 3.8) is 0 Å². The molecule has 3 nitrogen and oxygen atoms in total. The van der Waals surface area contributed by atoms with Crippen molar-refractivity contribution in [1.29, 1.82) is 0 Å². The second kappa shape index (κ2) is 2.24. The molecular formula is C9H11N3. The number of benzene rings is 1. The van der Waals surface area contributed by atoms with E-state index < -0.39 is 0 Å². The van der Waals surface area contributed by atoms with Gasteiger partial charge in [-0.15, -0.1) is 0 Å². The SMILES string of the molecule is Cc1ccc2nc(N)n(C)c2c1. The number of hydrogen-bond donors (Lipinski definition) is 1. The lowest BCUT2D eigenvalue weighted by Crippen LogP contribution is -1.96. The minimum atomic E-state index is 0.565. The molecule has 0 bridgehead atoms. The Hall–Kier alpha value is -1.51. The summed E-state index contributed by atoms with van der Waals surface area (Å²) in [6.07, 6.45) is 0. The van der Waals surface area contributed by atoms with Crippen LogP contribution in [0.25, 0.3) is 11.0 Å². The molecular weight excluding hydrogens is 150 g/mol. The van der Waals surface area contributed by atoms with Crippen molar-refractivity contribution in [2.24, 2.45) is 7.05 Å². The first-order valence-corrected chi connectivity index (χ1v) is 3.87. The summed E-state index contributed by atoms with van der Waals surface area (Å²) in [7, 11) is 1.92. The Morgan fingerprint density at radius 1 is 1.42 bits per heavy atom. The monoisotopic (exact) mass is 161 g/mol. The Bertz CT molecular complexity index is 429. The molecule has 0 aliphatic heterocycles. The van der Waals surface area contributed by atoms with Crippen molar-refractivity contribution in [2.75, 3.05) is 5.73 Å². The molecule has 0 saturated carbocycles. The lowest BCUT2D eigenvalue weighted by atomic mass is 10.2. The summed E-state index contributed by atoms with van der Waals surface area (Å²) < 4.78 is 1.89. The van der Waals surface area contributed by atoms with Gasteiger partial charge in [0.05, 0.1) is 11.0 Å². The normalized spacial score (nSPS) is 10.8. The van der Waals surface area contributed by atoms with Crippen molar-refractivity contribution >= 4 is 17.0 Å². The number of aromatic nitrogens is 2. The van der Waals surface area contributed by atoms with Gasteiger partial charge in [-0.2, -0.15) is 0 Å². The Kier molecular flexibility index (Phi) is 1.33. The van der Waals surface area contributed by atoms with Gasteiger partial charge < -0.3 is 10.3 Å². The van der Waals surface area contributed by atoms with Gasteiger partial charge in [0.15, 0.2) is 0 Å². The van der Waals surface area contributed by atoms with Crippen LogP contribution in [0.5, 0.6) is 0 Å². The van der Waals surface area contributed by atoms with Gasteiger partial charge in [0.1, 0.15) is 0 Å². The van der Waals surface area contributed by atoms with Crippen molar-refractivity contribution in [3.8, 4) is 0 Å². The van der Waals surface area contributed by atoms with Gasteiger partial charge in [-0.25, -0.2) is 4.98 Å². The number of aryl methyl sites for hydroxylation is 2. The highest BCUT2D eigenvalue weighted by atomic mass is 15.1. The summed E-state index contributed by atoms with van der Waals surface area (Å²) in [6, 6.07) is 6.11. The van der Waals surface area contributed by atoms with Crippen molar-refractivity contribution in [2.45, 2.75) is 6.92 Å². The third-order valence-electron chi connectivity index (χ3n) is 2.07. The highest BCUT2D eigenvalue weighted by Gasteiger charge is 2.02. The van der Waals surface area contributed by atoms with Crippen LogP contribution in [0, 0.1) is 6.92 Å². The average Bonchev–Trinajstić information content (AvgIpc) is 2.31. The minimum absolute atomic E-state index is 0.565. The van der Waals surface area contributed by atoms with Gasteiger partial charge in [-0.05, 0) is 24.6 Å². The van der Waals surface area contributed by atoms with Gasteiger partial charge in [0, 0.05) is 7.05 Å². The average molecular weight is 161 g/mol. The fourth-order valence-electron chi connectivity index (χ4n) is 1.32. The van der Waals surface area contributed by atoms with Crippen molar-refractivity contribution in [3.05, 3.63) is 23.8 Å². The Morgan fingerprint density at radius 2 is 2.17 bits per heavy atom. The van der Waals surface area contributed by atoms with E-state index in [-0.39, 0.29) is 0 Å². The number of hydrogen-bond acceptors (Lipinski definition) is 2. The molecule has 0 atom stereocenters. The number of anilines is 1. The van der Waals surface area contributed by atoms with Gasteiger partial charge in [-0.1, -0.05) is 6.07 Å². The number of rotatable bonds is 0. The summed E-state index contributed by atoms with van der Waals surface area (Å²) in [5.74, 6) is 0.565. The maximum absolute atomic E-state index is 5.65. The van der Waals surface area contributed by atoms with Crippen LogP contribution >= 0.6 is 0 Å². The second-order valence-electron chi connectivity index (χ2n) is 3.02. The maximum Gasteiger partial charge on any atom is 0.200 e. The summed E-state index contributed by atoms with van der Waals surface area (Å²) in [5, 5.41) is 0. The molecule has 62 valence electrons. The van der Waals surface area contributed by atoms with Gasteiger partial charge in [0.2, 0.25) is 5.95 Å². The van der Waals surface area contributed by atoms with E-state index >= 15 is 0 Å². The molecule has 3 heteroatoms. The van der Waals surface area contributed by atoms with E-state index in [1.54, 1.807) is 0 Å². The van der Waals surface area contributed by atoms with E-state index in [0.717, 1.165) is 11.0 Å². The van der Waals surface area contributed by atoms with Crippen LogP contribution in [0.15, 0.2) is 18.2 Å². The van der Waals surface area contributed by atoms with Crippen LogP contribution in [0.2, 0.25) is 0 Å². The molecule has 2 N–H and O–H groups in total. The van der Waals surface area contributed by atoms with Crippen LogP contribution in [0.4, 0.5) is 5.95 Å². The maximum atomic E-state index is 5.65. The topological polar surface area (TPSA) is 43.8 Å². The van der Waals surface area contributed by atoms with Gasteiger partial charge in [-0.3, -0.25) is 0 Å². The lowest BCUT2D eigenvalue weighted by molar-refractivity contribution is 0.964. The van der Waals surface area contributed by atoms with Crippen molar-refractivity contribution in [1.82, 2.24) is 9.55 Å². The molecule has 12 heavy (non-hydrogen) atoms. The molecule has 1 aromatic heterocycles. The first-order valence-electron chi connectivity index (χ1n) is 3.87. The highest BCUT2D eigenvalue weighted by Crippen LogP contribution is 2.16. The minimum Gasteiger partial charge on any atom is -0.369 e. The summed E-state index contributed by atoms with van der Waals surface area (Å²) in [6.45, 7) is 2.06. The Morgan fingerprint density at radius 3 is 2.92 bits per heavy atom. The quantitative estimate of drug-likeness (QED) is 0.635. The molecule has 0 radical (unpaired) electrons. The molecule has 2 rings (SSSR count). The van der Waals surface area contributed by atoms with Gasteiger partial charge >= 0.3 is 0 Å². The zero-order chi connectivity index (χ0) is 8.72. The molecule has 0 saturated heterocycles. The molecule has 1 heterocycles. The van der Waals surface area contributed by atoms with E-state index in [2.05, 4.69) is 18.0 Å². The zero-order valence-electron chi connectivity index (χ0n) is 7.20. The molecule has 0 fully saturated rings. The predicted molar refractivity (Wildman–Crippen MR) is 49.9 cm³/mol. The fraction of sp³-hybridized carbons (Fsp3) is 0.222. The largest absolute Gasteiger partial charge is 0.369 e.